The van der Waals surface area contributed by atoms with Crippen LogP contribution in [0.2, 0.25) is 0 Å². The van der Waals surface area contributed by atoms with Gasteiger partial charge in [0.2, 0.25) is 0 Å². The van der Waals surface area contributed by atoms with Crippen molar-refractivity contribution in [3.63, 3.8) is 0 Å². The molecule has 20 heavy (non-hydrogen) atoms. The number of aliphatic carboxylic acids is 1. The van der Waals surface area contributed by atoms with Crippen LogP contribution in [0.3, 0.4) is 0 Å². The molecule has 0 radical (unpaired) electrons. The molecule has 3 rings (SSSR count). The van der Waals surface area contributed by atoms with Gasteiger partial charge in [0.05, 0.1) is 17.7 Å². The summed E-state index contributed by atoms with van der Waals surface area (Å²) in [6, 6.07) is 1.91. The van der Waals surface area contributed by atoms with Gasteiger partial charge in [-0.05, 0) is 32.4 Å². The summed E-state index contributed by atoms with van der Waals surface area (Å²) in [4.78, 5) is 11.6. The van der Waals surface area contributed by atoms with Crippen molar-refractivity contribution in [2.75, 3.05) is 26.3 Å². The van der Waals surface area contributed by atoms with E-state index < -0.39 is 11.4 Å². The van der Waals surface area contributed by atoms with Gasteiger partial charge in [-0.2, -0.15) is 0 Å². The SMILES string of the molecule is O=C(O)C1(Cc2cc(C3CCOC3)no2)CCNCC1. The molecule has 0 bridgehead atoms. The number of carbonyl (C=O) groups is 1. The number of ether oxygens (including phenoxy) is 1. The van der Waals surface area contributed by atoms with E-state index in [4.69, 9.17) is 9.26 Å². The minimum absolute atomic E-state index is 0.293. The molecule has 6 nitrogen and oxygen atoms in total. The Labute approximate surface area is 117 Å². The first kappa shape index (κ1) is 13.6. The summed E-state index contributed by atoms with van der Waals surface area (Å²) in [5.41, 5.74) is 0.181. The number of hydrogen-bond donors (Lipinski definition) is 2. The van der Waals surface area contributed by atoms with Gasteiger partial charge in [0.25, 0.3) is 0 Å². The zero-order chi connectivity index (χ0) is 14.0. The fourth-order valence-corrected chi connectivity index (χ4v) is 3.08. The van der Waals surface area contributed by atoms with Gasteiger partial charge in [-0.1, -0.05) is 5.16 Å². The lowest BCUT2D eigenvalue weighted by Gasteiger charge is -2.32. The number of nitrogens with one attached hydrogen (secondary N) is 1. The molecule has 0 amide bonds. The van der Waals surface area contributed by atoms with E-state index in [-0.39, 0.29) is 0 Å². The molecule has 2 N–H and O–H groups in total. The molecule has 110 valence electrons. The van der Waals surface area contributed by atoms with E-state index in [0.717, 1.165) is 31.8 Å². The lowest BCUT2D eigenvalue weighted by Crippen LogP contribution is -2.43. The van der Waals surface area contributed by atoms with Crippen LogP contribution in [0.25, 0.3) is 0 Å². The summed E-state index contributed by atoms with van der Waals surface area (Å²) in [6.07, 6.45) is 2.64. The molecule has 2 aliphatic heterocycles. The first-order chi connectivity index (χ1) is 9.70. The number of carboxylic acid groups (broad SMARTS) is 1. The smallest absolute Gasteiger partial charge is 0.310 e. The number of nitrogens with zero attached hydrogens (tertiary/aromatic N) is 1. The minimum Gasteiger partial charge on any atom is -0.481 e. The monoisotopic (exact) mass is 280 g/mol. The maximum atomic E-state index is 11.6. The van der Waals surface area contributed by atoms with Crippen molar-refractivity contribution in [2.45, 2.75) is 31.6 Å². The van der Waals surface area contributed by atoms with Crippen LogP contribution >= 0.6 is 0 Å². The summed E-state index contributed by atoms with van der Waals surface area (Å²) >= 11 is 0. The second-order valence-corrected chi connectivity index (χ2v) is 5.79. The van der Waals surface area contributed by atoms with E-state index in [0.29, 0.717) is 37.5 Å². The van der Waals surface area contributed by atoms with Gasteiger partial charge >= 0.3 is 5.97 Å². The van der Waals surface area contributed by atoms with Crippen molar-refractivity contribution in [3.05, 3.63) is 17.5 Å². The second kappa shape index (κ2) is 5.54. The molecule has 0 aliphatic carbocycles. The van der Waals surface area contributed by atoms with Gasteiger partial charge in [-0.25, -0.2) is 0 Å². The molecule has 2 aliphatic rings. The van der Waals surface area contributed by atoms with E-state index in [1.807, 2.05) is 6.07 Å². The lowest BCUT2D eigenvalue weighted by molar-refractivity contribution is -0.150. The fourth-order valence-electron chi connectivity index (χ4n) is 3.08. The Bertz CT molecular complexity index is 473. The van der Waals surface area contributed by atoms with Crippen LogP contribution < -0.4 is 5.32 Å². The van der Waals surface area contributed by atoms with Gasteiger partial charge in [-0.15, -0.1) is 0 Å². The van der Waals surface area contributed by atoms with Crippen molar-refractivity contribution in [3.8, 4) is 0 Å². The zero-order valence-corrected chi connectivity index (χ0v) is 11.4. The maximum Gasteiger partial charge on any atom is 0.310 e. The van der Waals surface area contributed by atoms with Crippen LogP contribution in [0.15, 0.2) is 10.6 Å². The van der Waals surface area contributed by atoms with Crippen molar-refractivity contribution in [1.82, 2.24) is 10.5 Å². The van der Waals surface area contributed by atoms with Gasteiger partial charge < -0.3 is 19.7 Å². The van der Waals surface area contributed by atoms with Crippen LogP contribution in [0, 0.1) is 5.41 Å². The van der Waals surface area contributed by atoms with Crippen LogP contribution in [0.1, 0.15) is 36.6 Å². The summed E-state index contributed by atoms with van der Waals surface area (Å²) in [7, 11) is 0. The molecule has 1 unspecified atom stereocenters. The fraction of sp³-hybridized carbons (Fsp3) is 0.714. The molecular formula is C14H20N2O4. The molecule has 1 aromatic rings. The first-order valence-corrected chi connectivity index (χ1v) is 7.17. The van der Waals surface area contributed by atoms with Crippen LogP contribution in [-0.2, 0) is 16.0 Å². The minimum atomic E-state index is -0.735. The number of piperidine rings is 1. The Balaban J connectivity index is 1.73. The largest absolute Gasteiger partial charge is 0.481 e. The van der Waals surface area contributed by atoms with Crippen LogP contribution in [-0.4, -0.2) is 42.5 Å². The summed E-state index contributed by atoms with van der Waals surface area (Å²) in [5, 5.41) is 16.9. The van der Waals surface area contributed by atoms with E-state index in [9.17, 15) is 9.90 Å². The Kier molecular flexibility index (Phi) is 3.76. The van der Waals surface area contributed by atoms with Crippen molar-refractivity contribution < 1.29 is 19.2 Å². The molecule has 0 saturated carbocycles. The highest BCUT2D eigenvalue weighted by molar-refractivity contribution is 5.75. The van der Waals surface area contributed by atoms with Crippen LogP contribution in [0.4, 0.5) is 0 Å². The average molecular weight is 280 g/mol. The molecule has 2 saturated heterocycles. The van der Waals surface area contributed by atoms with Gasteiger partial charge in [0, 0.05) is 25.0 Å². The Morgan fingerprint density at radius 3 is 2.95 bits per heavy atom. The zero-order valence-electron chi connectivity index (χ0n) is 11.4. The maximum absolute atomic E-state index is 11.6. The van der Waals surface area contributed by atoms with Gasteiger partial charge in [0.15, 0.2) is 0 Å². The van der Waals surface area contributed by atoms with Crippen molar-refractivity contribution in [2.24, 2.45) is 5.41 Å². The van der Waals surface area contributed by atoms with E-state index in [2.05, 4.69) is 10.5 Å². The third kappa shape index (κ3) is 2.58. The molecule has 0 spiro atoms. The Hall–Kier alpha value is -1.40. The Morgan fingerprint density at radius 1 is 1.50 bits per heavy atom. The highest BCUT2D eigenvalue weighted by atomic mass is 16.5. The van der Waals surface area contributed by atoms with Gasteiger partial charge in [-0.3, -0.25) is 4.79 Å². The molecule has 1 aromatic heterocycles. The lowest BCUT2D eigenvalue weighted by atomic mass is 9.75. The quantitative estimate of drug-likeness (QED) is 0.861. The summed E-state index contributed by atoms with van der Waals surface area (Å²) in [6.45, 7) is 2.92. The molecule has 0 aromatic carbocycles. The predicted octanol–water partition coefficient (Wildman–Crippen LogP) is 1.18. The van der Waals surface area contributed by atoms with E-state index >= 15 is 0 Å². The molecular weight excluding hydrogens is 260 g/mol. The summed E-state index contributed by atoms with van der Waals surface area (Å²) < 4.78 is 10.7. The number of aromatic nitrogens is 1. The average Bonchev–Trinajstić information content (AvgIpc) is 3.10. The summed E-state index contributed by atoms with van der Waals surface area (Å²) in [5.74, 6) is 0.235. The van der Waals surface area contributed by atoms with Crippen molar-refractivity contribution >= 4 is 5.97 Å². The van der Waals surface area contributed by atoms with Crippen molar-refractivity contribution in [1.29, 1.82) is 0 Å². The Morgan fingerprint density at radius 2 is 2.30 bits per heavy atom. The number of hydrogen-bond acceptors (Lipinski definition) is 5. The molecule has 1 atom stereocenters. The molecule has 6 heteroatoms. The standard InChI is InChI=1S/C14H20N2O4/c17-13(18)14(2-4-15-5-3-14)8-11-7-12(16-20-11)10-1-6-19-9-10/h7,10,15H,1-6,8-9H2,(H,17,18). The predicted molar refractivity (Wildman–Crippen MR) is 70.6 cm³/mol. The number of carboxylic acids is 1. The van der Waals surface area contributed by atoms with Crippen LogP contribution in [0.5, 0.6) is 0 Å². The highest BCUT2D eigenvalue weighted by Crippen LogP contribution is 2.34. The third-order valence-corrected chi connectivity index (χ3v) is 4.45. The number of rotatable bonds is 4. The molecule has 2 fully saturated rings. The second-order valence-electron chi connectivity index (χ2n) is 5.79. The normalized spacial score (nSPS) is 25.7. The van der Waals surface area contributed by atoms with Gasteiger partial charge in [0.1, 0.15) is 5.76 Å². The highest BCUT2D eigenvalue weighted by Gasteiger charge is 2.41. The van der Waals surface area contributed by atoms with E-state index in [1.165, 1.54) is 0 Å². The third-order valence-electron chi connectivity index (χ3n) is 4.45. The topological polar surface area (TPSA) is 84.6 Å². The first-order valence-electron chi connectivity index (χ1n) is 7.17. The molecule has 3 heterocycles. The van der Waals surface area contributed by atoms with E-state index in [1.54, 1.807) is 0 Å².